The number of benzene rings is 1. The van der Waals surface area contributed by atoms with E-state index in [2.05, 4.69) is 27.8 Å². The summed E-state index contributed by atoms with van der Waals surface area (Å²) in [6.07, 6.45) is 4.08. The number of rotatable bonds is 4. The maximum atomic E-state index is 13.7. The van der Waals surface area contributed by atoms with Gasteiger partial charge in [-0.25, -0.2) is 4.99 Å². The lowest BCUT2D eigenvalue weighted by atomic mass is 9.87. The Bertz CT molecular complexity index is 1040. The highest BCUT2D eigenvalue weighted by molar-refractivity contribution is 6.41. The van der Waals surface area contributed by atoms with Gasteiger partial charge >= 0.3 is 0 Å². The van der Waals surface area contributed by atoms with Gasteiger partial charge in [-0.05, 0) is 70.0 Å². The SMILES string of the molecule is CN[C@@H](C)C(=O)N=C1CCCN(C(C)=O)C2CCC(C(=O)NC3CCCc4ccccc43)N2C1=O. The molecular weight excluding hydrogens is 446 g/mol. The van der Waals surface area contributed by atoms with Crippen molar-refractivity contribution in [3.05, 3.63) is 35.4 Å². The van der Waals surface area contributed by atoms with Crippen LogP contribution in [0.25, 0.3) is 0 Å². The minimum Gasteiger partial charge on any atom is -0.347 e. The number of aryl methyl sites for hydroxylation is 1. The minimum absolute atomic E-state index is 0.105. The molecule has 3 aliphatic rings. The van der Waals surface area contributed by atoms with E-state index in [4.69, 9.17) is 0 Å². The molecule has 9 nitrogen and oxygen atoms in total. The smallest absolute Gasteiger partial charge is 0.270 e. The molecule has 2 aliphatic heterocycles. The van der Waals surface area contributed by atoms with E-state index in [0.717, 1.165) is 24.8 Å². The zero-order valence-electron chi connectivity index (χ0n) is 20.8. The molecule has 3 unspecified atom stereocenters. The third-order valence-corrected chi connectivity index (χ3v) is 7.45. The summed E-state index contributed by atoms with van der Waals surface area (Å²) in [4.78, 5) is 59.5. The molecule has 4 amide bonds. The Labute approximate surface area is 206 Å². The zero-order valence-corrected chi connectivity index (χ0v) is 20.8. The average molecular weight is 482 g/mol. The molecule has 2 heterocycles. The molecule has 2 N–H and O–H groups in total. The van der Waals surface area contributed by atoms with E-state index in [9.17, 15) is 19.2 Å². The van der Waals surface area contributed by atoms with E-state index < -0.39 is 30.1 Å². The summed E-state index contributed by atoms with van der Waals surface area (Å²) >= 11 is 0. The monoisotopic (exact) mass is 481 g/mol. The molecule has 4 rings (SSSR count). The van der Waals surface area contributed by atoms with Gasteiger partial charge in [-0.2, -0.15) is 0 Å². The zero-order chi connectivity index (χ0) is 25.1. The van der Waals surface area contributed by atoms with Gasteiger partial charge in [-0.1, -0.05) is 24.3 Å². The van der Waals surface area contributed by atoms with E-state index in [1.165, 1.54) is 17.4 Å². The molecule has 2 fully saturated rings. The second-order valence-electron chi connectivity index (χ2n) is 9.66. The largest absolute Gasteiger partial charge is 0.347 e. The normalized spacial score (nSPS) is 26.4. The molecule has 4 atom stereocenters. The summed E-state index contributed by atoms with van der Waals surface area (Å²) in [6, 6.07) is 6.79. The first-order valence-electron chi connectivity index (χ1n) is 12.6. The summed E-state index contributed by atoms with van der Waals surface area (Å²) < 4.78 is 0. The van der Waals surface area contributed by atoms with E-state index in [1.807, 2.05) is 12.1 Å². The van der Waals surface area contributed by atoms with Crippen LogP contribution >= 0.6 is 0 Å². The molecule has 35 heavy (non-hydrogen) atoms. The van der Waals surface area contributed by atoms with Crippen LogP contribution in [0.1, 0.15) is 69.5 Å². The Morgan fingerprint density at radius 2 is 1.86 bits per heavy atom. The molecule has 1 aromatic rings. The Morgan fingerprint density at radius 3 is 2.60 bits per heavy atom. The second kappa shape index (κ2) is 10.7. The van der Waals surface area contributed by atoms with Crippen molar-refractivity contribution >= 4 is 29.3 Å². The molecule has 1 aromatic carbocycles. The third kappa shape index (κ3) is 5.15. The first-order valence-corrected chi connectivity index (χ1v) is 12.6. The van der Waals surface area contributed by atoms with Crippen molar-refractivity contribution in [2.45, 2.75) is 83.1 Å². The standard InChI is InChI=1S/C26H35N5O4/c1-16(27-3)24(33)29-21-12-7-15-30(17(2)32)23-14-13-22(31(23)26(21)35)25(34)28-20-11-6-9-18-8-4-5-10-19(18)20/h4-5,8,10,16,20,22-23,27H,6-7,9,11-15H2,1-3H3,(H,28,34)/t16-,20?,22?,23?/m0/s1. The lowest BCUT2D eigenvalue weighted by Gasteiger charge is -2.39. The molecule has 188 valence electrons. The summed E-state index contributed by atoms with van der Waals surface area (Å²) in [5.74, 6) is -1.20. The quantitative estimate of drug-likeness (QED) is 0.680. The van der Waals surface area contributed by atoms with Crippen molar-refractivity contribution in [1.29, 1.82) is 0 Å². The first kappa shape index (κ1) is 25.0. The maximum Gasteiger partial charge on any atom is 0.270 e. The lowest BCUT2D eigenvalue weighted by Crippen LogP contribution is -2.58. The Kier molecular flexibility index (Phi) is 7.64. The maximum absolute atomic E-state index is 13.7. The van der Waals surface area contributed by atoms with Gasteiger partial charge < -0.3 is 20.4 Å². The van der Waals surface area contributed by atoms with Crippen molar-refractivity contribution in [2.75, 3.05) is 13.6 Å². The number of likely N-dealkylation sites (N-methyl/N-ethyl adjacent to an activating group) is 1. The van der Waals surface area contributed by atoms with Gasteiger partial charge in [0.05, 0.1) is 12.1 Å². The van der Waals surface area contributed by atoms with Gasteiger partial charge in [0.15, 0.2) is 0 Å². The summed E-state index contributed by atoms with van der Waals surface area (Å²) in [7, 11) is 1.66. The van der Waals surface area contributed by atoms with E-state index in [1.54, 1.807) is 18.9 Å². The summed E-state index contributed by atoms with van der Waals surface area (Å²) in [6.45, 7) is 3.63. The minimum atomic E-state index is -0.719. The van der Waals surface area contributed by atoms with Crippen molar-refractivity contribution < 1.29 is 19.2 Å². The number of amides is 4. The highest BCUT2D eigenvalue weighted by Gasteiger charge is 2.46. The van der Waals surface area contributed by atoms with Crippen LogP contribution < -0.4 is 10.6 Å². The van der Waals surface area contributed by atoms with E-state index in [-0.39, 0.29) is 30.0 Å². The highest BCUT2D eigenvalue weighted by atomic mass is 16.2. The van der Waals surface area contributed by atoms with Crippen LogP contribution in [-0.2, 0) is 25.6 Å². The van der Waals surface area contributed by atoms with Crippen molar-refractivity contribution in [3.63, 3.8) is 0 Å². The van der Waals surface area contributed by atoms with Crippen LogP contribution in [0.4, 0.5) is 0 Å². The van der Waals surface area contributed by atoms with Crippen LogP contribution in [-0.4, -0.2) is 71.0 Å². The third-order valence-electron chi connectivity index (χ3n) is 7.45. The van der Waals surface area contributed by atoms with Gasteiger partial charge in [0.2, 0.25) is 11.8 Å². The number of carbonyl (C=O) groups is 4. The molecular formula is C26H35N5O4. The number of hydrogen-bond acceptors (Lipinski definition) is 5. The number of hydrogen-bond donors (Lipinski definition) is 2. The topological polar surface area (TPSA) is 111 Å². The van der Waals surface area contributed by atoms with Crippen LogP contribution in [0.15, 0.2) is 29.3 Å². The average Bonchev–Trinajstić information content (AvgIpc) is 3.28. The van der Waals surface area contributed by atoms with Gasteiger partial charge in [-0.3, -0.25) is 19.2 Å². The number of nitrogens with one attached hydrogen (secondary N) is 2. The molecule has 0 spiro atoms. The fourth-order valence-corrected chi connectivity index (χ4v) is 5.45. The van der Waals surface area contributed by atoms with Gasteiger partial charge in [0, 0.05) is 13.5 Å². The van der Waals surface area contributed by atoms with Crippen LogP contribution in [0.3, 0.4) is 0 Å². The molecule has 0 saturated carbocycles. The molecule has 2 saturated heterocycles. The molecule has 1 aliphatic carbocycles. The lowest BCUT2D eigenvalue weighted by molar-refractivity contribution is -0.145. The first-order chi connectivity index (χ1) is 16.8. The van der Waals surface area contributed by atoms with Crippen LogP contribution in [0.5, 0.6) is 0 Å². The fraction of sp³-hybridized carbons (Fsp3) is 0.577. The van der Waals surface area contributed by atoms with Crippen molar-refractivity contribution in [2.24, 2.45) is 4.99 Å². The Balaban J connectivity index is 1.61. The fourth-order valence-electron chi connectivity index (χ4n) is 5.45. The molecule has 0 bridgehead atoms. The number of fused-ring (bicyclic) bond motifs is 2. The van der Waals surface area contributed by atoms with Gasteiger partial charge in [0.25, 0.3) is 11.8 Å². The number of carbonyl (C=O) groups excluding carboxylic acids is 4. The van der Waals surface area contributed by atoms with Crippen molar-refractivity contribution in [3.8, 4) is 0 Å². The number of aliphatic imine (C=N–C) groups is 1. The summed E-state index contributed by atoms with van der Waals surface area (Å²) in [5.41, 5.74) is 2.53. The summed E-state index contributed by atoms with van der Waals surface area (Å²) in [5, 5.41) is 6.03. The molecule has 0 radical (unpaired) electrons. The second-order valence-corrected chi connectivity index (χ2v) is 9.66. The van der Waals surface area contributed by atoms with E-state index in [0.29, 0.717) is 25.8 Å². The van der Waals surface area contributed by atoms with Crippen molar-refractivity contribution in [1.82, 2.24) is 20.4 Å². The molecule has 9 heteroatoms. The predicted molar refractivity (Wildman–Crippen MR) is 132 cm³/mol. The Morgan fingerprint density at radius 1 is 1.09 bits per heavy atom. The predicted octanol–water partition coefficient (Wildman–Crippen LogP) is 1.72. The van der Waals surface area contributed by atoms with Gasteiger partial charge in [0.1, 0.15) is 17.9 Å². The molecule has 0 aromatic heterocycles. The van der Waals surface area contributed by atoms with Gasteiger partial charge in [-0.15, -0.1) is 0 Å². The highest BCUT2D eigenvalue weighted by Crippen LogP contribution is 2.33. The Hall–Kier alpha value is -3.07. The van der Waals surface area contributed by atoms with Crippen LogP contribution in [0, 0.1) is 0 Å². The number of nitrogens with zero attached hydrogens (tertiary/aromatic N) is 3. The van der Waals surface area contributed by atoms with Crippen LogP contribution in [0.2, 0.25) is 0 Å². The van der Waals surface area contributed by atoms with E-state index >= 15 is 0 Å².